The van der Waals surface area contributed by atoms with Crippen molar-refractivity contribution in [3.05, 3.63) is 76.6 Å². The van der Waals surface area contributed by atoms with Crippen molar-refractivity contribution in [1.29, 1.82) is 0 Å². The summed E-state index contributed by atoms with van der Waals surface area (Å²) in [7, 11) is 1.96. The van der Waals surface area contributed by atoms with Crippen LogP contribution in [0.25, 0.3) is 0 Å². The SMILES string of the molecule is Cc1nnc(CNC(c2cccc(Cl)c2)c2ccccn2)n1C. The Morgan fingerprint density at radius 2 is 2.04 bits per heavy atom. The Morgan fingerprint density at radius 1 is 1.17 bits per heavy atom. The van der Waals surface area contributed by atoms with Gasteiger partial charge in [0, 0.05) is 18.3 Å². The second-order valence-electron chi connectivity index (χ2n) is 5.35. The van der Waals surface area contributed by atoms with E-state index in [2.05, 4.69) is 20.5 Å². The molecule has 2 aromatic heterocycles. The maximum Gasteiger partial charge on any atom is 0.146 e. The van der Waals surface area contributed by atoms with Crippen LogP contribution in [0, 0.1) is 6.92 Å². The van der Waals surface area contributed by atoms with Gasteiger partial charge < -0.3 is 4.57 Å². The number of aromatic nitrogens is 4. The predicted molar refractivity (Wildman–Crippen MR) is 90.1 cm³/mol. The minimum Gasteiger partial charge on any atom is -0.317 e. The van der Waals surface area contributed by atoms with Crippen LogP contribution in [-0.4, -0.2) is 19.7 Å². The molecule has 1 N–H and O–H groups in total. The van der Waals surface area contributed by atoms with Crippen molar-refractivity contribution in [3.8, 4) is 0 Å². The Kier molecular flexibility index (Phi) is 4.69. The molecular formula is C17H18ClN5. The molecule has 118 valence electrons. The average Bonchev–Trinajstić information content (AvgIpc) is 2.88. The molecule has 0 aliphatic carbocycles. The first-order chi connectivity index (χ1) is 11.1. The van der Waals surface area contributed by atoms with E-state index >= 15 is 0 Å². The third kappa shape index (κ3) is 3.57. The summed E-state index contributed by atoms with van der Waals surface area (Å²) in [4.78, 5) is 4.48. The lowest BCUT2D eigenvalue weighted by Gasteiger charge is -2.19. The van der Waals surface area contributed by atoms with Crippen molar-refractivity contribution in [3.63, 3.8) is 0 Å². The molecule has 6 heteroatoms. The Labute approximate surface area is 140 Å². The van der Waals surface area contributed by atoms with E-state index in [1.54, 1.807) is 6.20 Å². The van der Waals surface area contributed by atoms with Crippen molar-refractivity contribution >= 4 is 11.6 Å². The molecule has 3 rings (SSSR count). The molecule has 3 aromatic rings. The van der Waals surface area contributed by atoms with E-state index in [0.717, 1.165) is 22.9 Å². The molecule has 0 radical (unpaired) electrons. The molecule has 0 amide bonds. The highest BCUT2D eigenvalue weighted by Gasteiger charge is 2.16. The number of aryl methyl sites for hydroxylation is 1. The lowest BCUT2D eigenvalue weighted by molar-refractivity contribution is 0.562. The normalized spacial score (nSPS) is 12.3. The van der Waals surface area contributed by atoms with Crippen LogP contribution in [0.5, 0.6) is 0 Å². The van der Waals surface area contributed by atoms with E-state index in [4.69, 9.17) is 11.6 Å². The zero-order valence-electron chi connectivity index (χ0n) is 13.1. The fourth-order valence-corrected chi connectivity index (χ4v) is 2.62. The number of hydrogen-bond acceptors (Lipinski definition) is 4. The molecule has 0 aliphatic heterocycles. The van der Waals surface area contributed by atoms with Gasteiger partial charge in [-0.15, -0.1) is 10.2 Å². The van der Waals surface area contributed by atoms with Crippen LogP contribution in [0.2, 0.25) is 5.02 Å². The zero-order chi connectivity index (χ0) is 16.2. The van der Waals surface area contributed by atoms with Crippen molar-refractivity contribution in [2.24, 2.45) is 7.05 Å². The predicted octanol–water partition coefficient (Wildman–Crippen LogP) is 3.05. The van der Waals surface area contributed by atoms with Gasteiger partial charge in [0.2, 0.25) is 0 Å². The zero-order valence-corrected chi connectivity index (χ0v) is 13.8. The number of pyridine rings is 1. The molecule has 0 saturated heterocycles. The van der Waals surface area contributed by atoms with Gasteiger partial charge in [0.15, 0.2) is 0 Å². The quantitative estimate of drug-likeness (QED) is 0.782. The van der Waals surface area contributed by atoms with Gasteiger partial charge in [0.25, 0.3) is 0 Å². The number of halogens is 1. The van der Waals surface area contributed by atoms with Gasteiger partial charge in [-0.25, -0.2) is 0 Å². The molecule has 5 nitrogen and oxygen atoms in total. The molecule has 23 heavy (non-hydrogen) atoms. The maximum absolute atomic E-state index is 6.15. The Hall–Kier alpha value is -2.24. The van der Waals surface area contributed by atoms with Crippen molar-refractivity contribution in [1.82, 2.24) is 25.1 Å². The summed E-state index contributed by atoms with van der Waals surface area (Å²) >= 11 is 6.15. The van der Waals surface area contributed by atoms with Gasteiger partial charge in [0.05, 0.1) is 18.3 Å². The Balaban J connectivity index is 1.88. The summed E-state index contributed by atoms with van der Waals surface area (Å²) in [5.74, 6) is 1.77. The minimum absolute atomic E-state index is 0.0630. The molecule has 2 heterocycles. The average molecular weight is 328 g/mol. The molecule has 1 unspecified atom stereocenters. The van der Waals surface area contributed by atoms with Gasteiger partial charge in [-0.05, 0) is 36.8 Å². The van der Waals surface area contributed by atoms with Crippen LogP contribution in [0.4, 0.5) is 0 Å². The minimum atomic E-state index is -0.0630. The van der Waals surface area contributed by atoms with Crippen molar-refractivity contribution < 1.29 is 0 Å². The summed E-state index contributed by atoms with van der Waals surface area (Å²) in [6, 6.07) is 13.6. The summed E-state index contributed by atoms with van der Waals surface area (Å²) < 4.78 is 1.97. The second kappa shape index (κ2) is 6.89. The van der Waals surface area contributed by atoms with E-state index in [1.807, 2.05) is 61.0 Å². The Bertz CT molecular complexity index is 785. The second-order valence-corrected chi connectivity index (χ2v) is 5.78. The van der Waals surface area contributed by atoms with Gasteiger partial charge in [-0.1, -0.05) is 29.8 Å². The lowest BCUT2D eigenvalue weighted by atomic mass is 10.0. The van der Waals surface area contributed by atoms with E-state index in [1.165, 1.54) is 0 Å². The fraction of sp³-hybridized carbons (Fsp3) is 0.235. The van der Waals surface area contributed by atoms with Crippen LogP contribution in [0.3, 0.4) is 0 Å². The van der Waals surface area contributed by atoms with Gasteiger partial charge in [-0.3, -0.25) is 10.3 Å². The smallest absolute Gasteiger partial charge is 0.146 e. The summed E-state index contributed by atoms with van der Waals surface area (Å²) in [6.07, 6.45) is 1.79. The van der Waals surface area contributed by atoms with E-state index in [0.29, 0.717) is 11.6 Å². The molecule has 0 aliphatic rings. The number of nitrogens with zero attached hydrogens (tertiary/aromatic N) is 4. The topological polar surface area (TPSA) is 55.6 Å². The highest BCUT2D eigenvalue weighted by molar-refractivity contribution is 6.30. The van der Waals surface area contributed by atoms with Crippen LogP contribution in [0.1, 0.15) is 28.9 Å². The van der Waals surface area contributed by atoms with Crippen molar-refractivity contribution in [2.75, 3.05) is 0 Å². The summed E-state index contributed by atoms with van der Waals surface area (Å²) in [5.41, 5.74) is 2.00. The molecule has 1 atom stereocenters. The third-order valence-corrected chi connectivity index (χ3v) is 4.05. The van der Waals surface area contributed by atoms with Crippen molar-refractivity contribution in [2.45, 2.75) is 19.5 Å². The fourth-order valence-electron chi connectivity index (χ4n) is 2.42. The summed E-state index contributed by atoms with van der Waals surface area (Å²) in [6.45, 7) is 2.52. The van der Waals surface area contributed by atoms with Crippen LogP contribution in [-0.2, 0) is 13.6 Å². The molecule has 0 spiro atoms. The third-order valence-electron chi connectivity index (χ3n) is 3.81. The number of nitrogens with one attached hydrogen (secondary N) is 1. The molecule has 1 aromatic carbocycles. The monoisotopic (exact) mass is 327 g/mol. The van der Waals surface area contributed by atoms with Gasteiger partial charge >= 0.3 is 0 Å². The van der Waals surface area contributed by atoms with Crippen LogP contribution in [0.15, 0.2) is 48.7 Å². The number of hydrogen-bond donors (Lipinski definition) is 1. The first kappa shape index (κ1) is 15.6. The molecule has 0 fully saturated rings. The highest BCUT2D eigenvalue weighted by atomic mass is 35.5. The van der Waals surface area contributed by atoms with E-state index in [-0.39, 0.29) is 6.04 Å². The first-order valence-corrected chi connectivity index (χ1v) is 7.77. The standard InChI is InChI=1S/C17H18ClN5/c1-12-21-22-16(23(12)2)11-20-17(15-8-3-4-9-19-15)13-6-5-7-14(18)10-13/h3-10,17,20H,11H2,1-2H3. The van der Waals surface area contributed by atoms with Crippen LogP contribution < -0.4 is 5.32 Å². The number of benzene rings is 1. The summed E-state index contributed by atoms with van der Waals surface area (Å²) in [5, 5.41) is 12.5. The van der Waals surface area contributed by atoms with Gasteiger partial charge in [-0.2, -0.15) is 0 Å². The largest absolute Gasteiger partial charge is 0.317 e. The van der Waals surface area contributed by atoms with E-state index < -0.39 is 0 Å². The number of rotatable bonds is 5. The highest BCUT2D eigenvalue weighted by Crippen LogP contribution is 2.23. The molecular weight excluding hydrogens is 310 g/mol. The Morgan fingerprint density at radius 3 is 2.70 bits per heavy atom. The molecule has 0 bridgehead atoms. The van der Waals surface area contributed by atoms with Gasteiger partial charge in [0.1, 0.15) is 11.6 Å². The van der Waals surface area contributed by atoms with Crippen LogP contribution >= 0.6 is 11.6 Å². The lowest BCUT2D eigenvalue weighted by Crippen LogP contribution is -2.24. The molecule has 0 saturated carbocycles. The maximum atomic E-state index is 6.15. The van der Waals surface area contributed by atoms with E-state index in [9.17, 15) is 0 Å². The first-order valence-electron chi connectivity index (χ1n) is 7.40.